The standard InChI is InChI=1S/C24H34N4O2S/c1-18-7-8-22-19(15-18)16-20(23(29)26-22)17-28(10-9-27-11-13-30-14-12-27)24(31)25-21-5-3-2-4-6-21/h7-8,15-16,21H,2-6,9-14,17H2,1H3,(H,25,31)(H,26,29). The number of aromatic nitrogens is 1. The van der Waals surface area contributed by atoms with Gasteiger partial charge < -0.3 is 19.9 Å². The minimum Gasteiger partial charge on any atom is -0.379 e. The summed E-state index contributed by atoms with van der Waals surface area (Å²) in [6, 6.07) is 8.58. The molecule has 1 saturated carbocycles. The summed E-state index contributed by atoms with van der Waals surface area (Å²) in [5.74, 6) is 0. The third-order valence-corrected chi connectivity index (χ3v) is 6.82. The Morgan fingerprint density at radius 1 is 1.23 bits per heavy atom. The van der Waals surface area contributed by atoms with E-state index < -0.39 is 0 Å². The normalized spacial score (nSPS) is 18.2. The predicted octanol–water partition coefficient (Wildman–Crippen LogP) is 3.18. The summed E-state index contributed by atoms with van der Waals surface area (Å²) < 4.78 is 5.48. The van der Waals surface area contributed by atoms with Gasteiger partial charge in [-0.25, -0.2) is 0 Å². The quantitative estimate of drug-likeness (QED) is 0.670. The number of pyridine rings is 1. The number of H-pyrrole nitrogens is 1. The molecule has 0 unspecified atom stereocenters. The van der Waals surface area contributed by atoms with Gasteiger partial charge in [-0.15, -0.1) is 0 Å². The minimum atomic E-state index is -0.0341. The fourth-order valence-corrected chi connectivity index (χ4v) is 4.87. The van der Waals surface area contributed by atoms with Crippen LogP contribution >= 0.6 is 12.2 Å². The summed E-state index contributed by atoms with van der Waals surface area (Å²) >= 11 is 5.84. The highest BCUT2D eigenvalue weighted by Crippen LogP contribution is 2.18. The second-order valence-electron chi connectivity index (χ2n) is 8.87. The first-order valence-electron chi connectivity index (χ1n) is 11.6. The lowest BCUT2D eigenvalue weighted by atomic mass is 9.96. The lowest BCUT2D eigenvalue weighted by Gasteiger charge is -2.33. The third kappa shape index (κ3) is 6.05. The second-order valence-corrected chi connectivity index (χ2v) is 9.26. The first-order chi connectivity index (χ1) is 15.1. The maximum atomic E-state index is 12.8. The molecule has 1 saturated heterocycles. The molecule has 7 heteroatoms. The maximum Gasteiger partial charge on any atom is 0.253 e. The van der Waals surface area contributed by atoms with Gasteiger partial charge in [0.25, 0.3) is 5.56 Å². The predicted molar refractivity (Wildman–Crippen MR) is 130 cm³/mol. The molecule has 2 heterocycles. The van der Waals surface area contributed by atoms with Crippen molar-refractivity contribution in [3.05, 3.63) is 45.7 Å². The lowest BCUT2D eigenvalue weighted by molar-refractivity contribution is 0.0356. The molecule has 1 aromatic carbocycles. The van der Waals surface area contributed by atoms with Crippen molar-refractivity contribution in [3.63, 3.8) is 0 Å². The molecule has 6 nitrogen and oxygen atoms in total. The fraction of sp³-hybridized carbons (Fsp3) is 0.583. The number of nitrogens with zero attached hydrogens (tertiary/aromatic N) is 2. The van der Waals surface area contributed by atoms with Crippen LogP contribution in [0.3, 0.4) is 0 Å². The van der Waals surface area contributed by atoms with Crippen molar-refractivity contribution in [2.24, 2.45) is 0 Å². The van der Waals surface area contributed by atoms with Crippen LogP contribution < -0.4 is 10.9 Å². The number of aryl methyl sites for hydroxylation is 1. The van der Waals surface area contributed by atoms with Crippen molar-refractivity contribution in [1.29, 1.82) is 0 Å². The number of morpholine rings is 1. The summed E-state index contributed by atoms with van der Waals surface area (Å²) in [4.78, 5) is 20.4. The molecule has 1 aliphatic heterocycles. The van der Waals surface area contributed by atoms with Crippen LogP contribution in [0.1, 0.15) is 43.2 Å². The highest BCUT2D eigenvalue weighted by atomic mass is 32.1. The number of hydrogen-bond acceptors (Lipinski definition) is 4. The van der Waals surface area contributed by atoms with Crippen LogP contribution in [-0.2, 0) is 11.3 Å². The summed E-state index contributed by atoms with van der Waals surface area (Å²) in [6.45, 7) is 7.77. The van der Waals surface area contributed by atoms with E-state index in [-0.39, 0.29) is 5.56 Å². The number of nitrogens with one attached hydrogen (secondary N) is 2. The van der Waals surface area contributed by atoms with E-state index in [1.165, 1.54) is 37.7 Å². The molecule has 0 spiro atoms. The van der Waals surface area contributed by atoms with Crippen LogP contribution in [0.4, 0.5) is 0 Å². The van der Waals surface area contributed by atoms with Gasteiger partial charge in [0.15, 0.2) is 5.11 Å². The Kier molecular flexibility index (Phi) is 7.58. The van der Waals surface area contributed by atoms with Crippen LogP contribution in [0.2, 0.25) is 0 Å². The monoisotopic (exact) mass is 442 g/mol. The molecule has 4 rings (SSSR count). The van der Waals surface area contributed by atoms with Gasteiger partial charge >= 0.3 is 0 Å². The molecule has 168 valence electrons. The molecule has 0 radical (unpaired) electrons. The molecule has 2 aliphatic rings. The van der Waals surface area contributed by atoms with Crippen molar-refractivity contribution in [3.8, 4) is 0 Å². The molecular weight excluding hydrogens is 408 g/mol. The summed E-state index contributed by atoms with van der Waals surface area (Å²) in [6.07, 6.45) is 6.19. The fourth-order valence-electron chi connectivity index (χ4n) is 4.55. The summed E-state index contributed by atoms with van der Waals surface area (Å²) in [5.41, 5.74) is 2.78. The number of fused-ring (bicyclic) bond motifs is 1. The number of hydrogen-bond donors (Lipinski definition) is 2. The smallest absolute Gasteiger partial charge is 0.253 e. The Balaban J connectivity index is 1.50. The summed E-state index contributed by atoms with van der Waals surface area (Å²) in [7, 11) is 0. The Morgan fingerprint density at radius 2 is 2.00 bits per heavy atom. The van der Waals surface area contributed by atoms with Gasteiger partial charge in [-0.3, -0.25) is 9.69 Å². The van der Waals surface area contributed by atoms with Gasteiger partial charge in [0, 0.05) is 43.3 Å². The molecule has 1 aromatic heterocycles. The maximum absolute atomic E-state index is 12.8. The van der Waals surface area contributed by atoms with Crippen LogP contribution in [0.15, 0.2) is 29.1 Å². The van der Waals surface area contributed by atoms with E-state index in [0.29, 0.717) is 12.6 Å². The van der Waals surface area contributed by atoms with Crippen LogP contribution in [0.5, 0.6) is 0 Å². The number of ether oxygens (including phenoxy) is 1. The van der Waals surface area contributed by atoms with Crippen molar-refractivity contribution in [2.45, 2.75) is 51.6 Å². The number of aromatic amines is 1. The van der Waals surface area contributed by atoms with Crippen LogP contribution in [-0.4, -0.2) is 65.3 Å². The topological polar surface area (TPSA) is 60.6 Å². The third-order valence-electron chi connectivity index (χ3n) is 6.45. The highest BCUT2D eigenvalue weighted by molar-refractivity contribution is 7.80. The molecule has 0 atom stereocenters. The average molecular weight is 443 g/mol. The minimum absolute atomic E-state index is 0.0341. The van der Waals surface area contributed by atoms with Gasteiger partial charge in [0.2, 0.25) is 0 Å². The van der Waals surface area contributed by atoms with Gasteiger partial charge in [0.1, 0.15) is 0 Å². The number of rotatable bonds is 6. The molecule has 2 fully saturated rings. The largest absolute Gasteiger partial charge is 0.379 e. The van der Waals surface area contributed by atoms with Gasteiger partial charge in [-0.2, -0.15) is 0 Å². The van der Waals surface area contributed by atoms with E-state index in [2.05, 4.69) is 33.1 Å². The molecule has 1 aliphatic carbocycles. The van der Waals surface area contributed by atoms with Crippen molar-refractivity contribution in [1.82, 2.24) is 20.1 Å². The SMILES string of the molecule is Cc1ccc2[nH]c(=O)c(CN(CCN3CCOCC3)C(=S)NC3CCCCC3)cc2c1. The Labute approximate surface area is 189 Å². The molecule has 2 aromatic rings. The molecule has 2 N–H and O–H groups in total. The molecule has 31 heavy (non-hydrogen) atoms. The zero-order valence-electron chi connectivity index (χ0n) is 18.5. The van der Waals surface area contributed by atoms with Crippen molar-refractivity contribution >= 4 is 28.2 Å². The number of benzene rings is 1. The Morgan fingerprint density at radius 3 is 2.77 bits per heavy atom. The molecule has 0 amide bonds. The van der Waals surface area contributed by atoms with Crippen LogP contribution in [0, 0.1) is 6.92 Å². The van der Waals surface area contributed by atoms with Crippen LogP contribution in [0.25, 0.3) is 10.9 Å². The van der Waals surface area contributed by atoms with E-state index >= 15 is 0 Å². The van der Waals surface area contributed by atoms with Gasteiger partial charge in [-0.1, -0.05) is 30.9 Å². The van der Waals surface area contributed by atoms with E-state index in [4.69, 9.17) is 17.0 Å². The van der Waals surface area contributed by atoms with Crippen molar-refractivity contribution in [2.75, 3.05) is 39.4 Å². The summed E-state index contributed by atoms with van der Waals surface area (Å²) in [5, 5.41) is 5.43. The van der Waals surface area contributed by atoms with E-state index in [1.54, 1.807) is 0 Å². The highest BCUT2D eigenvalue weighted by Gasteiger charge is 2.20. The van der Waals surface area contributed by atoms with E-state index in [0.717, 1.165) is 61.0 Å². The molecule has 0 bridgehead atoms. The first kappa shape index (κ1) is 22.2. The van der Waals surface area contributed by atoms with Gasteiger partial charge in [-0.05, 0) is 55.6 Å². The molecular formula is C24H34N4O2S. The Bertz CT molecular complexity index is 948. The lowest BCUT2D eigenvalue weighted by Crippen LogP contribution is -2.48. The first-order valence-corrected chi connectivity index (χ1v) is 12.0. The second kappa shape index (κ2) is 10.6. The average Bonchev–Trinajstić information content (AvgIpc) is 2.78. The Hall–Kier alpha value is -1.96. The zero-order chi connectivity index (χ0) is 21.6. The van der Waals surface area contributed by atoms with E-state index in [9.17, 15) is 4.79 Å². The zero-order valence-corrected chi connectivity index (χ0v) is 19.3. The number of thiocarbonyl (C=S) groups is 1. The van der Waals surface area contributed by atoms with Crippen molar-refractivity contribution < 1.29 is 4.74 Å². The van der Waals surface area contributed by atoms with E-state index in [1.807, 2.05) is 18.2 Å². The van der Waals surface area contributed by atoms with Gasteiger partial charge in [0.05, 0.1) is 19.8 Å².